The lowest BCUT2D eigenvalue weighted by Gasteiger charge is -2.14. The molecule has 176 valence electrons. The number of aryl methyl sites for hydroxylation is 1. The molecule has 2 aromatic heterocycles. The largest absolute Gasteiger partial charge is 0.493 e. The highest BCUT2D eigenvalue weighted by molar-refractivity contribution is 7.20. The summed E-state index contributed by atoms with van der Waals surface area (Å²) in [7, 11) is 4.46. The minimum absolute atomic E-state index is 0.135. The maximum atomic E-state index is 13.0. The number of thiophene rings is 1. The lowest BCUT2D eigenvalue weighted by molar-refractivity contribution is -0.121. The van der Waals surface area contributed by atoms with Crippen molar-refractivity contribution in [2.45, 2.75) is 26.8 Å². The number of amides is 2. The Morgan fingerprint density at radius 1 is 1.12 bits per heavy atom. The molecule has 33 heavy (non-hydrogen) atoms. The zero-order chi connectivity index (χ0) is 24.1. The Hall–Kier alpha value is -3.60. The first-order valence-corrected chi connectivity index (χ1v) is 11.0. The summed E-state index contributed by atoms with van der Waals surface area (Å²) in [5, 5.41) is 5.86. The highest BCUT2D eigenvalue weighted by Crippen LogP contribution is 2.40. The molecule has 3 rings (SSSR count). The number of aromatic nitrogens is 2. The van der Waals surface area contributed by atoms with Crippen molar-refractivity contribution in [2.24, 2.45) is 0 Å². The van der Waals surface area contributed by atoms with Gasteiger partial charge in [0.25, 0.3) is 11.5 Å². The fourth-order valence-electron chi connectivity index (χ4n) is 3.30. The molecule has 0 unspecified atom stereocenters. The molecular formula is C22H26N4O6S. The van der Waals surface area contributed by atoms with Crippen molar-refractivity contribution in [3.8, 4) is 17.2 Å². The van der Waals surface area contributed by atoms with E-state index in [9.17, 15) is 14.4 Å². The second-order valence-corrected chi connectivity index (χ2v) is 8.13. The highest BCUT2D eigenvalue weighted by atomic mass is 32.1. The van der Waals surface area contributed by atoms with Crippen molar-refractivity contribution >= 4 is 39.1 Å². The SMILES string of the molecule is CCCNC(=O)Cn1cnc2sc(C(=O)Nc3cc(OC)c(OC)c(OC)c3)c(C)c2c1=O. The average Bonchev–Trinajstić information content (AvgIpc) is 3.15. The number of fused-ring (bicyclic) bond motifs is 1. The van der Waals surface area contributed by atoms with Crippen LogP contribution in [0.25, 0.3) is 10.2 Å². The maximum Gasteiger partial charge on any atom is 0.266 e. The molecular weight excluding hydrogens is 448 g/mol. The van der Waals surface area contributed by atoms with Crippen LogP contribution in [0.4, 0.5) is 5.69 Å². The first-order chi connectivity index (χ1) is 15.8. The van der Waals surface area contributed by atoms with Crippen LogP contribution in [-0.4, -0.2) is 49.2 Å². The third-order valence-electron chi connectivity index (χ3n) is 4.93. The van der Waals surface area contributed by atoms with Crippen LogP contribution in [0.3, 0.4) is 0 Å². The number of carbonyl (C=O) groups is 2. The molecule has 11 heteroatoms. The molecule has 3 aromatic rings. The van der Waals surface area contributed by atoms with E-state index in [1.807, 2.05) is 6.92 Å². The second kappa shape index (κ2) is 10.3. The lowest BCUT2D eigenvalue weighted by atomic mass is 10.2. The fourth-order valence-corrected chi connectivity index (χ4v) is 4.34. The van der Waals surface area contributed by atoms with Crippen LogP contribution in [0.1, 0.15) is 28.6 Å². The molecule has 0 fully saturated rings. The molecule has 0 aliphatic rings. The quantitative estimate of drug-likeness (QED) is 0.489. The van der Waals surface area contributed by atoms with E-state index in [0.717, 1.165) is 17.8 Å². The standard InChI is InChI=1S/C22H26N4O6S/c1-6-7-23-16(27)10-26-11-24-21-17(22(26)29)12(2)19(33-21)20(28)25-13-8-14(30-3)18(32-5)15(9-13)31-4/h8-9,11H,6-7,10H2,1-5H3,(H,23,27)(H,25,28). The van der Waals surface area contributed by atoms with Gasteiger partial charge >= 0.3 is 0 Å². The number of hydrogen-bond acceptors (Lipinski definition) is 8. The maximum absolute atomic E-state index is 13.0. The van der Waals surface area contributed by atoms with E-state index in [2.05, 4.69) is 15.6 Å². The topological polar surface area (TPSA) is 121 Å². The molecule has 0 saturated carbocycles. The van der Waals surface area contributed by atoms with Gasteiger partial charge in [-0.25, -0.2) is 4.98 Å². The first kappa shape index (κ1) is 24.1. The van der Waals surface area contributed by atoms with E-state index in [1.54, 1.807) is 19.1 Å². The number of benzene rings is 1. The fraction of sp³-hybridized carbons (Fsp3) is 0.364. The molecule has 0 atom stereocenters. The molecule has 0 aliphatic carbocycles. The van der Waals surface area contributed by atoms with Gasteiger partial charge in [0.2, 0.25) is 11.7 Å². The van der Waals surface area contributed by atoms with Gasteiger partial charge in [0.1, 0.15) is 11.4 Å². The van der Waals surface area contributed by atoms with Gasteiger partial charge in [-0.15, -0.1) is 11.3 Å². The van der Waals surface area contributed by atoms with Crippen LogP contribution in [0.15, 0.2) is 23.3 Å². The van der Waals surface area contributed by atoms with Gasteiger partial charge < -0.3 is 24.8 Å². The number of nitrogens with one attached hydrogen (secondary N) is 2. The summed E-state index contributed by atoms with van der Waals surface area (Å²) in [4.78, 5) is 43.1. The number of hydrogen-bond donors (Lipinski definition) is 2. The van der Waals surface area contributed by atoms with Gasteiger partial charge in [0.05, 0.1) is 37.9 Å². The molecule has 0 radical (unpaired) electrons. The molecule has 1 aromatic carbocycles. The van der Waals surface area contributed by atoms with E-state index in [-0.39, 0.29) is 18.0 Å². The molecule has 0 bridgehead atoms. The highest BCUT2D eigenvalue weighted by Gasteiger charge is 2.21. The monoisotopic (exact) mass is 474 g/mol. The zero-order valence-corrected chi connectivity index (χ0v) is 19.9. The Morgan fingerprint density at radius 2 is 1.79 bits per heavy atom. The van der Waals surface area contributed by atoms with Gasteiger partial charge in [0, 0.05) is 24.4 Å². The Morgan fingerprint density at radius 3 is 2.36 bits per heavy atom. The Labute approximate surface area is 194 Å². The summed E-state index contributed by atoms with van der Waals surface area (Å²) in [6.07, 6.45) is 2.12. The summed E-state index contributed by atoms with van der Waals surface area (Å²) >= 11 is 1.11. The number of anilines is 1. The molecule has 2 N–H and O–H groups in total. The van der Waals surface area contributed by atoms with Crippen LogP contribution < -0.4 is 30.4 Å². The van der Waals surface area contributed by atoms with Gasteiger partial charge in [-0.3, -0.25) is 19.0 Å². The third-order valence-corrected chi connectivity index (χ3v) is 6.13. The first-order valence-electron chi connectivity index (χ1n) is 10.2. The van der Waals surface area contributed by atoms with E-state index in [1.165, 1.54) is 32.2 Å². The number of carbonyl (C=O) groups excluding carboxylic acids is 2. The minimum Gasteiger partial charge on any atom is -0.493 e. The van der Waals surface area contributed by atoms with Gasteiger partial charge in [-0.1, -0.05) is 6.92 Å². The number of rotatable bonds is 9. The van der Waals surface area contributed by atoms with Gasteiger partial charge in [-0.2, -0.15) is 0 Å². The molecule has 2 heterocycles. The average molecular weight is 475 g/mol. The van der Waals surface area contributed by atoms with Crippen LogP contribution in [0, 0.1) is 6.92 Å². The predicted octanol–water partition coefficient (Wildman–Crippen LogP) is 2.57. The molecule has 0 aliphatic heterocycles. The summed E-state index contributed by atoms with van der Waals surface area (Å²) in [5.74, 6) is 0.519. The van der Waals surface area contributed by atoms with Gasteiger partial charge in [0.15, 0.2) is 11.5 Å². The van der Waals surface area contributed by atoms with Crippen molar-refractivity contribution in [1.82, 2.24) is 14.9 Å². The van der Waals surface area contributed by atoms with E-state index in [0.29, 0.717) is 50.1 Å². The van der Waals surface area contributed by atoms with Gasteiger partial charge in [-0.05, 0) is 18.9 Å². The third kappa shape index (κ3) is 4.92. The molecule has 0 spiro atoms. The molecule has 10 nitrogen and oxygen atoms in total. The Balaban J connectivity index is 1.92. The van der Waals surface area contributed by atoms with Crippen LogP contribution in [0.5, 0.6) is 17.2 Å². The normalized spacial score (nSPS) is 10.7. The number of ether oxygens (including phenoxy) is 3. The second-order valence-electron chi connectivity index (χ2n) is 7.13. The predicted molar refractivity (Wildman–Crippen MR) is 126 cm³/mol. The summed E-state index contributed by atoms with van der Waals surface area (Å²) in [5.41, 5.74) is 0.567. The van der Waals surface area contributed by atoms with E-state index < -0.39 is 5.91 Å². The Kier molecular flexibility index (Phi) is 7.54. The van der Waals surface area contributed by atoms with E-state index >= 15 is 0 Å². The minimum atomic E-state index is -0.406. The number of methoxy groups -OCH3 is 3. The van der Waals surface area contributed by atoms with Crippen molar-refractivity contribution < 1.29 is 23.8 Å². The summed E-state index contributed by atoms with van der Waals surface area (Å²) < 4.78 is 17.2. The lowest BCUT2D eigenvalue weighted by Crippen LogP contribution is -2.32. The summed E-state index contributed by atoms with van der Waals surface area (Å²) in [6.45, 7) is 4.03. The smallest absolute Gasteiger partial charge is 0.266 e. The van der Waals surface area contributed by atoms with Crippen molar-refractivity contribution in [2.75, 3.05) is 33.2 Å². The van der Waals surface area contributed by atoms with Crippen molar-refractivity contribution in [3.63, 3.8) is 0 Å². The van der Waals surface area contributed by atoms with Crippen molar-refractivity contribution in [1.29, 1.82) is 0 Å². The number of nitrogens with zero attached hydrogens (tertiary/aromatic N) is 2. The molecule has 0 saturated heterocycles. The Bertz CT molecular complexity index is 1220. The summed E-state index contributed by atoms with van der Waals surface area (Å²) in [6, 6.07) is 3.23. The van der Waals surface area contributed by atoms with E-state index in [4.69, 9.17) is 14.2 Å². The zero-order valence-electron chi connectivity index (χ0n) is 19.1. The molecule has 2 amide bonds. The van der Waals surface area contributed by atoms with Crippen LogP contribution in [-0.2, 0) is 11.3 Å². The van der Waals surface area contributed by atoms with Crippen LogP contribution >= 0.6 is 11.3 Å². The van der Waals surface area contributed by atoms with Crippen molar-refractivity contribution in [3.05, 3.63) is 39.3 Å². The van der Waals surface area contributed by atoms with Crippen LogP contribution in [0.2, 0.25) is 0 Å².